The molecule has 0 radical (unpaired) electrons. The molecule has 116 valence electrons. The second kappa shape index (κ2) is 5.43. The molecule has 2 N–H and O–H groups in total. The van der Waals surface area contributed by atoms with E-state index >= 15 is 0 Å². The Hall–Kier alpha value is -1.39. The maximum Gasteiger partial charge on any atom is 0.416 e. The number of nitrogens with two attached hydrogens (primary N) is 1. The highest BCUT2D eigenvalue weighted by molar-refractivity contribution is 5.69. The van der Waals surface area contributed by atoms with Gasteiger partial charge in [-0.15, -0.1) is 0 Å². The van der Waals surface area contributed by atoms with E-state index in [0.717, 1.165) is 43.2 Å². The normalized spacial score (nSPS) is 26.5. The third-order valence-electron chi connectivity index (χ3n) is 4.99. The van der Waals surface area contributed by atoms with Crippen LogP contribution in [0.5, 0.6) is 0 Å². The Bertz CT molecular complexity index is 513. The number of nitrogen functional groups attached to an aromatic ring is 1. The number of nitrogens with zero attached hydrogens (tertiary/aromatic N) is 1. The van der Waals surface area contributed by atoms with E-state index in [2.05, 4.69) is 4.90 Å². The summed E-state index contributed by atoms with van der Waals surface area (Å²) < 4.78 is 38.1. The lowest BCUT2D eigenvalue weighted by molar-refractivity contribution is -0.137. The van der Waals surface area contributed by atoms with E-state index in [1.54, 1.807) is 0 Å². The monoisotopic (exact) mass is 298 g/mol. The van der Waals surface area contributed by atoms with Gasteiger partial charge in [0.1, 0.15) is 0 Å². The average Bonchev–Trinajstić information content (AvgIpc) is 2.45. The fraction of sp³-hybridized carbons (Fsp3) is 0.625. The Morgan fingerprint density at radius 1 is 1.05 bits per heavy atom. The van der Waals surface area contributed by atoms with Gasteiger partial charge >= 0.3 is 6.18 Å². The molecule has 2 aliphatic rings. The van der Waals surface area contributed by atoms with Gasteiger partial charge in [0.15, 0.2) is 0 Å². The van der Waals surface area contributed by atoms with E-state index in [1.165, 1.54) is 31.7 Å². The molecule has 3 rings (SSSR count). The molecule has 0 unspecified atom stereocenters. The van der Waals surface area contributed by atoms with Crippen LogP contribution in [0.25, 0.3) is 0 Å². The van der Waals surface area contributed by atoms with Crippen LogP contribution >= 0.6 is 0 Å². The van der Waals surface area contributed by atoms with Crippen LogP contribution in [0.2, 0.25) is 0 Å². The average molecular weight is 298 g/mol. The fourth-order valence-electron chi connectivity index (χ4n) is 3.84. The molecule has 2 fully saturated rings. The first-order valence-electron chi connectivity index (χ1n) is 7.67. The second-order valence-electron chi connectivity index (χ2n) is 6.31. The predicted molar refractivity (Wildman–Crippen MR) is 78.1 cm³/mol. The molecule has 0 amide bonds. The van der Waals surface area contributed by atoms with E-state index in [9.17, 15) is 13.2 Å². The molecule has 0 aromatic heterocycles. The van der Waals surface area contributed by atoms with E-state index in [1.807, 2.05) is 0 Å². The van der Waals surface area contributed by atoms with Crippen LogP contribution < -0.4 is 10.6 Å². The van der Waals surface area contributed by atoms with Crippen molar-refractivity contribution in [2.45, 2.75) is 38.3 Å². The van der Waals surface area contributed by atoms with Crippen LogP contribution in [0.3, 0.4) is 0 Å². The van der Waals surface area contributed by atoms with Crippen molar-refractivity contribution in [3.63, 3.8) is 0 Å². The molecule has 1 aromatic rings. The van der Waals surface area contributed by atoms with Crippen molar-refractivity contribution in [3.8, 4) is 0 Å². The molecule has 1 heterocycles. The van der Waals surface area contributed by atoms with Crippen LogP contribution in [0, 0.1) is 11.8 Å². The highest BCUT2D eigenvalue weighted by atomic mass is 19.4. The van der Waals surface area contributed by atoms with E-state index < -0.39 is 11.7 Å². The van der Waals surface area contributed by atoms with Gasteiger partial charge in [-0.1, -0.05) is 19.3 Å². The molecular weight excluding hydrogens is 277 g/mol. The number of halogens is 3. The van der Waals surface area contributed by atoms with Crippen LogP contribution in [0.4, 0.5) is 24.5 Å². The van der Waals surface area contributed by atoms with Crippen molar-refractivity contribution in [2.24, 2.45) is 11.8 Å². The highest BCUT2D eigenvalue weighted by Crippen LogP contribution is 2.40. The lowest BCUT2D eigenvalue weighted by Gasteiger charge is -2.42. The molecule has 21 heavy (non-hydrogen) atoms. The minimum absolute atomic E-state index is 0.235. The van der Waals surface area contributed by atoms with Gasteiger partial charge in [-0.25, -0.2) is 0 Å². The molecule has 5 heteroatoms. The fourth-order valence-corrected chi connectivity index (χ4v) is 3.84. The number of hydrogen-bond acceptors (Lipinski definition) is 2. The molecule has 1 aromatic carbocycles. The Balaban J connectivity index is 1.78. The van der Waals surface area contributed by atoms with Gasteiger partial charge in [0.25, 0.3) is 0 Å². The van der Waals surface area contributed by atoms with E-state index in [0.29, 0.717) is 5.92 Å². The molecule has 2 atom stereocenters. The zero-order chi connectivity index (χ0) is 15.0. The minimum Gasteiger partial charge on any atom is -0.397 e. The first-order chi connectivity index (χ1) is 9.95. The van der Waals surface area contributed by atoms with Gasteiger partial charge in [0.2, 0.25) is 0 Å². The third-order valence-corrected chi connectivity index (χ3v) is 4.99. The molecule has 2 nitrogen and oxygen atoms in total. The number of benzene rings is 1. The summed E-state index contributed by atoms with van der Waals surface area (Å²) in [6, 6.07) is 3.72. The lowest BCUT2D eigenvalue weighted by atomic mass is 9.75. The van der Waals surface area contributed by atoms with Gasteiger partial charge in [0, 0.05) is 13.1 Å². The first-order valence-corrected chi connectivity index (χ1v) is 7.67. The molecule has 1 aliphatic carbocycles. The van der Waals surface area contributed by atoms with Gasteiger partial charge in [-0.05, 0) is 42.9 Å². The number of hydrogen-bond donors (Lipinski definition) is 1. The largest absolute Gasteiger partial charge is 0.416 e. The van der Waals surface area contributed by atoms with Gasteiger partial charge in [0.05, 0.1) is 16.9 Å². The van der Waals surface area contributed by atoms with Crippen LogP contribution in [-0.2, 0) is 6.18 Å². The van der Waals surface area contributed by atoms with Gasteiger partial charge in [-0.2, -0.15) is 13.2 Å². The molecule has 1 saturated heterocycles. The van der Waals surface area contributed by atoms with Crippen molar-refractivity contribution in [1.82, 2.24) is 0 Å². The van der Waals surface area contributed by atoms with Crippen molar-refractivity contribution >= 4 is 11.4 Å². The number of piperidine rings is 1. The molecule has 0 spiro atoms. The number of alkyl halides is 3. The molecule has 1 saturated carbocycles. The standard InChI is InChI=1S/C16H21F3N2/c17-16(18,19)13-5-6-15(14(20)9-13)21-8-7-11-3-1-2-4-12(11)10-21/h5-6,9,11-12H,1-4,7-8,10,20H2/t11-,12-/m0/s1. The summed E-state index contributed by atoms with van der Waals surface area (Å²) >= 11 is 0. The minimum atomic E-state index is -4.33. The quantitative estimate of drug-likeness (QED) is 0.783. The van der Waals surface area contributed by atoms with Crippen molar-refractivity contribution in [2.75, 3.05) is 23.7 Å². The van der Waals surface area contributed by atoms with Crippen molar-refractivity contribution in [3.05, 3.63) is 23.8 Å². The molecule has 0 bridgehead atoms. The topological polar surface area (TPSA) is 29.3 Å². The molecule has 1 aliphatic heterocycles. The number of anilines is 2. The van der Waals surface area contributed by atoms with Crippen LogP contribution in [-0.4, -0.2) is 13.1 Å². The second-order valence-corrected chi connectivity index (χ2v) is 6.31. The Morgan fingerprint density at radius 3 is 2.43 bits per heavy atom. The van der Waals surface area contributed by atoms with Crippen LogP contribution in [0.15, 0.2) is 18.2 Å². The first kappa shape index (κ1) is 14.5. The Morgan fingerprint density at radius 2 is 1.76 bits per heavy atom. The zero-order valence-electron chi connectivity index (χ0n) is 12.0. The van der Waals surface area contributed by atoms with Gasteiger partial charge < -0.3 is 10.6 Å². The van der Waals surface area contributed by atoms with Crippen molar-refractivity contribution < 1.29 is 13.2 Å². The highest BCUT2D eigenvalue weighted by Gasteiger charge is 2.33. The summed E-state index contributed by atoms with van der Waals surface area (Å²) in [4.78, 5) is 2.17. The third kappa shape index (κ3) is 2.97. The summed E-state index contributed by atoms with van der Waals surface area (Å²) in [7, 11) is 0. The summed E-state index contributed by atoms with van der Waals surface area (Å²) in [5.41, 5.74) is 6.20. The predicted octanol–water partition coefficient (Wildman–Crippen LogP) is 4.30. The van der Waals surface area contributed by atoms with E-state index in [4.69, 9.17) is 5.73 Å². The molecular formula is C16H21F3N2. The summed E-state index contributed by atoms with van der Waals surface area (Å²) in [5, 5.41) is 0. The van der Waals surface area contributed by atoms with Crippen LogP contribution in [0.1, 0.15) is 37.7 Å². The van der Waals surface area contributed by atoms with Gasteiger partial charge in [-0.3, -0.25) is 0 Å². The maximum atomic E-state index is 12.7. The Labute approximate surface area is 123 Å². The maximum absolute atomic E-state index is 12.7. The van der Waals surface area contributed by atoms with E-state index in [-0.39, 0.29) is 5.69 Å². The zero-order valence-corrected chi connectivity index (χ0v) is 12.0. The number of rotatable bonds is 1. The lowest BCUT2D eigenvalue weighted by Crippen LogP contribution is -2.42. The summed E-state index contributed by atoms with van der Waals surface area (Å²) in [6.45, 7) is 1.83. The Kier molecular flexibility index (Phi) is 3.76. The smallest absolute Gasteiger partial charge is 0.397 e. The summed E-state index contributed by atoms with van der Waals surface area (Å²) in [5.74, 6) is 1.47. The van der Waals surface area contributed by atoms with Crippen molar-refractivity contribution in [1.29, 1.82) is 0 Å². The summed E-state index contributed by atoms with van der Waals surface area (Å²) in [6.07, 6.45) is 1.94. The number of fused-ring (bicyclic) bond motifs is 1. The SMILES string of the molecule is Nc1cc(C(F)(F)F)ccc1N1CC[C@@H]2CCCC[C@H]2C1.